The van der Waals surface area contributed by atoms with Crippen molar-refractivity contribution in [1.29, 1.82) is 0 Å². The standard InChI is InChI=1S/C14H20O3/c1-11-5-7-12(8-6-11)9-16-10-13-3-2-4-14(15)17-13/h5-8,13-15H,2-4,9-10H2,1H3/t13?,14-/m0/s1. The Bertz CT molecular complexity index is 334. The molecule has 94 valence electrons. The van der Waals surface area contributed by atoms with E-state index in [2.05, 4.69) is 31.2 Å². The van der Waals surface area contributed by atoms with Gasteiger partial charge in [0, 0.05) is 0 Å². The smallest absolute Gasteiger partial charge is 0.155 e. The fourth-order valence-corrected chi connectivity index (χ4v) is 1.99. The molecule has 2 atom stereocenters. The lowest BCUT2D eigenvalue weighted by Gasteiger charge is -2.26. The van der Waals surface area contributed by atoms with Gasteiger partial charge in [-0.1, -0.05) is 29.8 Å². The molecule has 1 aliphatic rings. The first-order chi connectivity index (χ1) is 8.24. The first-order valence-electron chi connectivity index (χ1n) is 6.21. The van der Waals surface area contributed by atoms with Gasteiger partial charge < -0.3 is 14.6 Å². The van der Waals surface area contributed by atoms with Crippen LogP contribution in [0.25, 0.3) is 0 Å². The number of aliphatic hydroxyl groups is 1. The Labute approximate surface area is 102 Å². The average molecular weight is 236 g/mol. The molecule has 0 bridgehead atoms. The molecule has 1 saturated heterocycles. The van der Waals surface area contributed by atoms with Crippen LogP contribution < -0.4 is 0 Å². The van der Waals surface area contributed by atoms with Gasteiger partial charge in [0.15, 0.2) is 6.29 Å². The molecule has 0 radical (unpaired) electrons. The number of aliphatic hydroxyl groups excluding tert-OH is 1. The van der Waals surface area contributed by atoms with Crippen molar-refractivity contribution < 1.29 is 14.6 Å². The lowest BCUT2D eigenvalue weighted by molar-refractivity contribution is -0.178. The number of hydrogen-bond acceptors (Lipinski definition) is 3. The topological polar surface area (TPSA) is 38.7 Å². The van der Waals surface area contributed by atoms with Crippen molar-refractivity contribution in [2.75, 3.05) is 6.61 Å². The third-order valence-corrected chi connectivity index (χ3v) is 3.02. The summed E-state index contributed by atoms with van der Waals surface area (Å²) >= 11 is 0. The molecule has 1 aromatic rings. The van der Waals surface area contributed by atoms with E-state index in [1.54, 1.807) is 0 Å². The molecule has 1 N–H and O–H groups in total. The fourth-order valence-electron chi connectivity index (χ4n) is 1.99. The van der Waals surface area contributed by atoms with Crippen LogP contribution in [-0.4, -0.2) is 24.1 Å². The van der Waals surface area contributed by atoms with Gasteiger partial charge in [0.05, 0.1) is 19.3 Å². The predicted octanol–water partition coefficient (Wildman–Crippen LogP) is 2.40. The number of hydrogen-bond donors (Lipinski definition) is 1. The number of aryl methyl sites for hydroxylation is 1. The van der Waals surface area contributed by atoms with Crippen LogP contribution in [0.2, 0.25) is 0 Å². The van der Waals surface area contributed by atoms with Gasteiger partial charge in [0.25, 0.3) is 0 Å². The first-order valence-corrected chi connectivity index (χ1v) is 6.21. The molecule has 0 amide bonds. The quantitative estimate of drug-likeness (QED) is 0.872. The van der Waals surface area contributed by atoms with Crippen molar-refractivity contribution in [2.24, 2.45) is 0 Å². The van der Waals surface area contributed by atoms with Gasteiger partial charge >= 0.3 is 0 Å². The minimum absolute atomic E-state index is 0.0456. The van der Waals surface area contributed by atoms with Crippen molar-refractivity contribution in [1.82, 2.24) is 0 Å². The molecule has 0 aromatic heterocycles. The van der Waals surface area contributed by atoms with Gasteiger partial charge in [-0.3, -0.25) is 0 Å². The summed E-state index contributed by atoms with van der Waals surface area (Å²) in [5.41, 5.74) is 2.43. The van der Waals surface area contributed by atoms with Gasteiger partial charge in [-0.25, -0.2) is 0 Å². The summed E-state index contributed by atoms with van der Waals surface area (Å²) in [4.78, 5) is 0. The van der Waals surface area contributed by atoms with Crippen LogP contribution in [-0.2, 0) is 16.1 Å². The fraction of sp³-hybridized carbons (Fsp3) is 0.571. The molecule has 1 heterocycles. The minimum atomic E-state index is -0.600. The molecule has 0 spiro atoms. The van der Waals surface area contributed by atoms with Crippen molar-refractivity contribution in [3.63, 3.8) is 0 Å². The maximum absolute atomic E-state index is 9.35. The lowest BCUT2D eigenvalue weighted by Crippen LogP contribution is -2.30. The molecule has 0 aliphatic carbocycles. The molecule has 1 aliphatic heterocycles. The van der Waals surface area contributed by atoms with Crippen LogP contribution in [0.15, 0.2) is 24.3 Å². The zero-order valence-corrected chi connectivity index (χ0v) is 10.3. The van der Waals surface area contributed by atoms with Gasteiger partial charge in [-0.15, -0.1) is 0 Å². The molecule has 1 aromatic carbocycles. The zero-order valence-electron chi connectivity index (χ0n) is 10.3. The van der Waals surface area contributed by atoms with Crippen LogP contribution in [0.5, 0.6) is 0 Å². The highest BCUT2D eigenvalue weighted by atomic mass is 16.6. The molecule has 1 unspecified atom stereocenters. The summed E-state index contributed by atoms with van der Waals surface area (Å²) < 4.78 is 11.0. The Hall–Kier alpha value is -0.900. The highest BCUT2D eigenvalue weighted by Gasteiger charge is 2.20. The third kappa shape index (κ3) is 4.11. The predicted molar refractivity (Wildman–Crippen MR) is 65.6 cm³/mol. The van der Waals surface area contributed by atoms with E-state index in [1.807, 2.05) is 0 Å². The maximum atomic E-state index is 9.35. The third-order valence-electron chi connectivity index (χ3n) is 3.02. The molecule has 2 rings (SSSR count). The molecular weight excluding hydrogens is 216 g/mol. The van der Waals surface area contributed by atoms with Crippen LogP contribution in [0.4, 0.5) is 0 Å². The van der Waals surface area contributed by atoms with Crippen molar-refractivity contribution in [3.8, 4) is 0 Å². The Kier molecular flexibility index (Phi) is 4.54. The maximum Gasteiger partial charge on any atom is 0.155 e. The van der Waals surface area contributed by atoms with E-state index in [9.17, 15) is 5.11 Å². The Morgan fingerprint density at radius 1 is 1.29 bits per heavy atom. The van der Waals surface area contributed by atoms with E-state index in [0.717, 1.165) is 19.3 Å². The summed E-state index contributed by atoms with van der Waals surface area (Å²) in [6.45, 7) is 3.24. The average Bonchev–Trinajstić information content (AvgIpc) is 2.32. The second kappa shape index (κ2) is 6.15. The molecule has 3 heteroatoms. The SMILES string of the molecule is Cc1ccc(COCC2CCC[C@@H](O)O2)cc1. The summed E-state index contributed by atoms with van der Waals surface area (Å²) in [7, 11) is 0. The number of ether oxygens (including phenoxy) is 2. The van der Waals surface area contributed by atoms with Crippen molar-refractivity contribution in [2.45, 2.75) is 45.2 Å². The lowest BCUT2D eigenvalue weighted by atomic mass is 10.1. The van der Waals surface area contributed by atoms with E-state index >= 15 is 0 Å². The first kappa shape index (κ1) is 12.6. The van der Waals surface area contributed by atoms with Gasteiger partial charge in [-0.05, 0) is 31.7 Å². The van der Waals surface area contributed by atoms with E-state index in [1.165, 1.54) is 11.1 Å². The summed E-state index contributed by atoms with van der Waals surface area (Å²) in [6, 6.07) is 8.32. The van der Waals surface area contributed by atoms with Crippen LogP contribution in [0.1, 0.15) is 30.4 Å². The van der Waals surface area contributed by atoms with Gasteiger partial charge in [0.2, 0.25) is 0 Å². The highest BCUT2D eigenvalue weighted by molar-refractivity contribution is 5.20. The zero-order chi connectivity index (χ0) is 12.1. The normalized spacial score (nSPS) is 24.8. The van der Waals surface area contributed by atoms with Gasteiger partial charge in [0.1, 0.15) is 0 Å². The van der Waals surface area contributed by atoms with Crippen molar-refractivity contribution in [3.05, 3.63) is 35.4 Å². The monoisotopic (exact) mass is 236 g/mol. The van der Waals surface area contributed by atoms with E-state index in [-0.39, 0.29) is 6.10 Å². The second-order valence-corrected chi connectivity index (χ2v) is 4.64. The van der Waals surface area contributed by atoms with Gasteiger partial charge in [-0.2, -0.15) is 0 Å². The highest BCUT2D eigenvalue weighted by Crippen LogP contribution is 2.17. The summed E-state index contributed by atoms with van der Waals surface area (Å²) in [6.07, 6.45) is 2.18. The molecule has 1 fully saturated rings. The van der Waals surface area contributed by atoms with Crippen molar-refractivity contribution >= 4 is 0 Å². The van der Waals surface area contributed by atoms with E-state index in [0.29, 0.717) is 13.2 Å². The Morgan fingerprint density at radius 2 is 2.06 bits per heavy atom. The van der Waals surface area contributed by atoms with Crippen LogP contribution in [0.3, 0.4) is 0 Å². The minimum Gasteiger partial charge on any atom is -0.374 e. The summed E-state index contributed by atoms with van der Waals surface area (Å²) in [5, 5.41) is 9.35. The largest absolute Gasteiger partial charge is 0.374 e. The number of rotatable bonds is 4. The van der Waals surface area contributed by atoms with E-state index in [4.69, 9.17) is 9.47 Å². The molecule has 17 heavy (non-hydrogen) atoms. The Morgan fingerprint density at radius 3 is 2.76 bits per heavy atom. The van der Waals surface area contributed by atoms with Crippen LogP contribution >= 0.6 is 0 Å². The molecular formula is C14H20O3. The van der Waals surface area contributed by atoms with Crippen LogP contribution in [0, 0.1) is 6.92 Å². The molecule has 0 saturated carbocycles. The molecule has 3 nitrogen and oxygen atoms in total. The number of benzene rings is 1. The Balaban J connectivity index is 1.70. The second-order valence-electron chi connectivity index (χ2n) is 4.64. The summed E-state index contributed by atoms with van der Waals surface area (Å²) in [5.74, 6) is 0. The van der Waals surface area contributed by atoms with E-state index < -0.39 is 6.29 Å².